The van der Waals surface area contributed by atoms with Gasteiger partial charge in [0.25, 0.3) is 0 Å². The topological polar surface area (TPSA) is 23.6 Å². The first kappa shape index (κ1) is 20.7. The standard InChI is InChI=1S/C19H26N2O.Ra.Rb.H/c1-13-10-16-8-9-21(18(22)12-20)19(17(16)11-14(13)2)15-6-4-3-5-7-15;;;/h10-11,15,19H,3-9,12H2,1-2H3;;;. The van der Waals surface area contributed by atoms with Gasteiger partial charge in [0.1, 0.15) is 0 Å². The number of nitrogens with zero attached hydrogens (tertiary/aromatic N) is 2. The summed E-state index contributed by atoms with van der Waals surface area (Å²) in [6.45, 7) is 6.08. The van der Waals surface area contributed by atoms with Gasteiger partial charge in [-0.15, -0.1) is 0 Å². The fourth-order valence-corrected chi connectivity index (χ4v) is 6.31. The molecule has 0 saturated heterocycles. The Kier molecular flexibility index (Phi) is 8.10. The number of amides is 1. The fourth-order valence-electron chi connectivity index (χ4n) is 4.54. The summed E-state index contributed by atoms with van der Waals surface area (Å²) < 4.78 is 2.44. The molecule has 1 atom stereocenters. The summed E-state index contributed by atoms with van der Waals surface area (Å²) in [6, 6.07) is 5.13. The van der Waals surface area contributed by atoms with E-state index in [1.807, 2.05) is 0 Å². The van der Waals surface area contributed by atoms with E-state index in [-0.39, 0.29) is 0 Å². The van der Waals surface area contributed by atoms with Gasteiger partial charge in [0.15, 0.2) is 0 Å². The maximum absolute atomic E-state index is 13.0. The van der Waals surface area contributed by atoms with Crippen molar-refractivity contribution in [2.75, 3.05) is 13.1 Å². The van der Waals surface area contributed by atoms with E-state index in [1.54, 1.807) is 0 Å². The van der Waals surface area contributed by atoms with E-state index in [2.05, 4.69) is 25.1 Å². The minimum atomic E-state index is 0.341. The number of aryl methyl sites for hydroxylation is 2. The molecule has 0 radical (unpaired) electrons. The molecule has 1 amide bonds. The average Bonchev–Trinajstić information content (AvgIpc) is 2.55. The van der Waals surface area contributed by atoms with Crippen LogP contribution in [0.2, 0.25) is 0 Å². The van der Waals surface area contributed by atoms with Crippen LogP contribution in [0.4, 0.5) is 0 Å². The number of rotatable bonds is 3. The molecular weight excluding hydrogens is 584 g/mol. The van der Waals surface area contributed by atoms with Crippen LogP contribution in [-0.4, -0.2) is 74.1 Å². The molecule has 1 fully saturated rings. The van der Waals surface area contributed by atoms with E-state index in [0.717, 1.165) is 13.0 Å². The molecule has 0 bridgehead atoms. The normalized spacial score (nSPS) is 21.8. The van der Waals surface area contributed by atoms with E-state index in [0.29, 0.717) is 124 Å². The molecule has 1 aromatic rings. The second-order valence-electron chi connectivity index (χ2n) is 8.05. The van der Waals surface area contributed by atoms with Crippen LogP contribution in [-0.2, 0) is 11.2 Å². The van der Waals surface area contributed by atoms with Gasteiger partial charge in [-0.25, -0.2) is 0 Å². The Morgan fingerprint density at radius 1 is 1.25 bits per heavy atom. The number of carbonyl (C=O) groups excluding carboxylic acids is 1. The van der Waals surface area contributed by atoms with Gasteiger partial charge < -0.3 is 0 Å². The molecule has 3 nitrogen and oxygen atoms in total. The van der Waals surface area contributed by atoms with E-state index >= 15 is 0 Å². The third-order valence-corrected chi connectivity index (χ3v) is 7.98. The predicted molar refractivity (Wildman–Crippen MR) is 94.5 cm³/mol. The van der Waals surface area contributed by atoms with Crippen LogP contribution >= 0.6 is 0 Å². The van der Waals surface area contributed by atoms with Crippen LogP contribution < -0.4 is 0 Å². The van der Waals surface area contributed by atoms with Crippen molar-refractivity contribution in [3.8, 4) is 0 Å². The molecular formula is C19H27N2ORaRb. The van der Waals surface area contributed by atoms with Crippen molar-refractivity contribution in [2.45, 2.75) is 58.4 Å². The molecule has 24 heavy (non-hydrogen) atoms. The van der Waals surface area contributed by atoms with Gasteiger partial charge in [0.05, 0.1) is 0 Å². The molecule has 0 spiro atoms. The Morgan fingerprint density at radius 3 is 2.58 bits per heavy atom. The summed E-state index contributed by atoms with van der Waals surface area (Å²) >= 11 is 0.857. The Balaban J connectivity index is 1.97. The Labute approximate surface area is 216 Å². The van der Waals surface area contributed by atoms with Gasteiger partial charge in [-0.05, 0) is 0 Å². The first-order valence-electron chi connectivity index (χ1n) is 9.51. The summed E-state index contributed by atoms with van der Waals surface area (Å²) in [5.74, 6) is 1.07. The van der Waals surface area contributed by atoms with Gasteiger partial charge in [-0.3, -0.25) is 0 Å². The number of carbonyl (C=O) groups is 1. The zero-order valence-electron chi connectivity index (χ0n) is 15.8. The number of benzene rings is 1. The van der Waals surface area contributed by atoms with Crippen LogP contribution in [0.3, 0.4) is 0 Å². The third-order valence-electron chi connectivity index (χ3n) is 5.90. The van der Waals surface area contributed by atoms with Crippen LogP contribution in [0.15, 0.2) is 12.1 Å². The fraction of sp³-hybridized carbons (Fsp3) is 0.632. The SMILES string of the molecule is Cc1cc2c(cc1C)C(C1CCCCC1)N(C(=O)C[N]([Rb])[RaH])CC2. The third kappa shape index (κ3) is 4.85. The molecule has 1 heterocycles. The van der Waals surface area contributed by atoms with Crippen molar-refractivity contribution in [1.82, 2.24) is -0.925 Å². The van der Waals surface area contributed by atoms with Crippen molar-refractivity contribution < 1.29 is 48.0 Å². The Hall–Kier alpha value is 1.92. The number of hydrogen-bond acceptors (Lipinski definition) is 2. The van der Waals surface area contributed by atoms with Gasteiger partial charge in [-0.1, -0.05) is 0 Å². The molecule has 1 aliphatic heterocycles. The second-order valence-corrected chi connectivity index (χ2v) is 36.2. The van der Waals surface area contributed by atoms with Crippen molar-refractivity contribution in [3.05, 3.63) is 34.4 Å². The van der Waals surface area contributed by atoms with Gasteiger partial charge >= 0.3 is 221 Å². The summed E-state index contributed by atoms with van der Waals surface area (Å²) in [5, 5.41) is 0. The van der Waals surface area contributed by atoms with Crippen LogP contribution in [0.5, 0.6) is 0 Å². The van der Waals surface area contributed by atoms with Gasteiger partial charge in [0.2, 0.25) is 0 Å². The van der Waals surface area contributed by atoms with Crippen molar-refractivity contribution in [3.63, 3.8) is 0 Å². The summed E-state index contributed by atoms with van der Waals surface area (Å²) in [4.78, 5) is 15.2. The molecule has 0 N–H and O–H groups in total. The number of fused-ring (bicyclic) bond motifs is 1. The zero-order valence-corrected chi connectivity index (χ0v) is 28.9. The minimum absolute atomic E-state index is 0.341. The molecule has 1 saturated carbocycles. The quantitative estimate of drug-likeness (QED) is 0.526. The first-order valence-corrected chi connectivity index (χ1v) is 15.4. The molecule has 2 aliphatic rings. The molecule has 1 aliphatic carbocycles. The summed E-state index contributed by atoms with van der Waals surface area (Å²) in [5.41, 5.74) is 5.75. The van der Waals surface area contributed by atoms with Crippen LogP contribution in [0.1, 0.15) is 60.4 Å². The van der Waals surface area contributed by atoms with E-state index in [9.17, 15) is 4.79 Å². The molecule has 1 aromatic carbocycles. The van der Waals surface area contributed by atoms with Gasteiger partial charge in [0, 0.05) is 0 Å². The predicted octanol–water partition coefficient (Wildman–Crippen LogP) is 2.89. The monoisotopic (exact) mass is 610 g/mol. The molecule has 1 unspecified atom stereocenters. The second kappa shape index (κ2) is 9.41. The first-order chi connectivity index (χ1) is 11.5. The maximum atomic E-state index is 13.0. The van der Waals surface area contributed by atoms with Crippen molar-refractivity contribution in [2.24, 2.45) is 5.92 Å². The molecule has 3 rings (SSSR count). The number of hydrogen-bond donors (Lipinski definition) is 0. The molecule has 5 heteroatoms. The summed E-state index contributed by atoms with van der Waals surface area (Å²) in [6.07, 6.45) is 7.67. The molecule has 122 valence electrons. The van der Waals surface area contributed by atoms with E-state index in [4.69, 9.17) is 0 Å². The Morgan fingerprint density at radius 2 is 1.92 bits per heavy atom. The van der Waals surface area contributed by atoms with E-state index in [1.165, 1.54) is 54.4 Å². The summed E-state index contributed by atoms with van der Waals surface area (Å²) in [7, 11) is 0. The van der Waals surface area contributed by atoms with Crippen LogP contribution in [0.25, 0.3) is 0 Å². The zero-order chi connectivity index (χ0) is 17.3. The van der Waals surface area contributed by atoms with Crippen molar-refractivity contribution in [1.29, 1.82) is 0 Å². The van der Waals surface area contributed by atoms with Crippen LogP contribution in [0, 0.1) is 63.0 Å². The average molecular weight is 611 g/mol. The van der Waals surface area contributed by atoms with E-state index < -0.39 is 0 Å². The van der Waals surface area contributed by atoms with Gasteiger partial charge in [-0.2, -0.15) is 0 Å². The van der Waals surface area contributed by atoms with Crippen molar-refractivity contribution >= 4 is 61.9 Å². The molecule has 0 aromatic heterocycles. The Bertz CT molecular complexity index is 614.